The number of aliphatic carboxylic acids is 1. The standard InChI is InChI=1S/C7H5BrN2O4/c8-5-2-6(10(13)14)9-3-4(5)1-7(11)12/h2-3H,1H2,(H,11,12). The Morgan fingerprint density at radius 3 is 2.79 bits per heavy atom. The van der Waals surface area contributed by atoms with Crippen molar-refractivity contribution in [2.75, 3.05) is 0 Å². The van der Waals surface area contributed by atoms with E-state index in [1.807, 2.05) is 0 Å². The molecule has 1 N–H and O–H groups in total. The van der Waals surface area contributed by atoms with Crippen molar-refractivity contribution < 1.29 is 14.8 Å². The Balaban J connectivity index is 3.01. The number of carboxylic acids is 1. The predicted octanol–water partition coefficient (Wildman–Crippen LogP) is 1.38. The van der Waals surface area contributed by atoms with E-state index in [0.717, 1.165) is 0 Å². The number of aromatic nitrogens is 1. The monoisotopic (exact) mass is 260 g/mol. The van der Waals surface area contributed by atoms with Gasteiger partial charge in [-0.1, -0.05) is 15.9 Å². The second kappa shape index (κ2) is 4.14. The van der Waals surface area contributed by atoms with Crippen molar-refractivity contribution in [2.24, 2.45) is 0 Å². The highest BCUT2D eigenvalue weighted by Gasteiger charge is 2.13. The number of hydrogen-bond donors (Lipinski definition) is 1. The third-order valence-corrected chi connectivity index (χ3v) is 2.18. The van der Waals surface area contributed by atoms with Crippen LogP contribution in [-0.2, 0) is 11.2 Å². The molecular weight excluding hydrogens is 256 g/mol. The average Bonchev–Trinajstić information content (AvgIpc) is 2.07. The van der Waals surface area contributed by atoms with Crippen LogP contribution in [0.2, 0.25) is 0 Å². The molecule has 74 valence electrons. The molecule has 0 aliphatic carbocycles. The fourth-order valence-electron chi connectivity index (χ4n) is 0.842. The van der Waals surface area contributed by atoms with Crippen LogP contribution in [0.25, 0.3) is 0 Å². The summed E-state index contributed by atoms with van der Waals surface area (Å²) in [6.45, 7) is 0. The summed E-state index contributed by atoms with van der Waals surface area (Å²) in [5.41, 5.74) is 0.406. The minimum absolute atomic E-state index is 0.217. The maximum Gasteiger partial charge on any atom is 0.364 e. The van der Waals surface area contributed by atoms with Gasteiger partial charge >= 0.3 is 11.8 Å². The summed E-state index contributed by atoms with van der Waals surface area (Å²) in [4.78, 5) is 23.5. The zero-order chi connectivity index (χ0) is 10.7. The lowest BCUT2D eigenvalue weighted by atomic mass is 10.2. The summed E-state index contributed by atoms with van der Waals surface area (Å²) in [5.74, 6) is -1.33. The third kappa shape index (κ3) is 2.49. The van der Waals surface area contributed by atoms with E-state index >= 15 is 0 Å². The number of rotatable bonds is 3. The van der Waals surface area contributed by atoms with Crippen LogP contribution in [0.5, 0.6) is 0 Å². The minimum atomic E-state index is -1.01. The van der Waals surface area contributed by atoms with Crippen LogP contribution in [0.15, 0.2) is 16.7 Å². The molecule has 0 atom stereocenters. The van der Waals surface area contributed by atoms with Crippen LogP contribution in [0.1, 0.15) is 5.56 Å². The van der Waals surface area contributed by atoms with E-state index in [9.17, 15) is 14.9 Å². The van der Waals surface area contributed by atoms with Crippen molar-refractivity contribution in [2.45, 2.75) is 6.42 Å². The summed E-state index contributed by atoms with van der Waals surface area (Å²) in [6.07, 6.45) is 0.960. The molecule has 1 aromatic heterocycles. The first-order chi connectivity index (χ1) is 6.50. The average molecular weight is 261 g/mol. The largest absolute Gasteiger partial charge is 0.481 e. The predicted molar refractivity (Wildman–Crippen MR) is 49.9 cm³/mol. The highest BCUT2D eigenvalue weighted by Crippen LogP contribution is 2.20. The summed E-state index contributed by atoms with van der Waals surface area (Å²) in [7, 11) is 0. The van der Waals surface area contributed by atoms with E-state index in [0.29, 0.717) is 10.0 Å². The van der Waals surface area contributed by atoms with Crippen molar-refractivity contribution in [3.05, 3.63) is 32.4 Å². The molecule has 0 saturated heterocycles. The molecule has 1 rings (SSSR count). The van der Waals surface area contributed by atoms with Gasteiger partial charge in [-0.3, -0.25) is 4.79 Å². The smallest absolute Gasteiger partial charge is 0.364 e. The molecule has 1 aromatic rings. The zero-order valence-corrected chi connectivity index (χ0v) is 8.39. The number of carboxylic acid groups (broad SMARTS) is 1. The Morgan fingerprint density at radius 2 is 2.36 bits per heavy atom. The van der Waals surface area contributed by atoms with Gasteiger partial charge in [-0.15, -0.1) is 0 Å². The molecule has 14 heavy (non-hydrogen) atoms. The zero-order valence-electron chi connectivity index (χ0n) is 6.81. The van der Waals surface area contributed by atoms with Gasteiger partial charge in [-0.25, -0.2) is 0 Å². The van der Waals surface area contributed by atoms with Gasteiger partial charge in [0, 0.05) is 10.0 Å². The lowest BCUT2D eigenvalue weighted by molar-refractivity contribution is -0.389. The first-order valence-corrected chi connectivity index (χ1v) is 4.30. The van der Waals surface area contributed by atoms with Gasteiger partial charge < -0.3 is 15.2 Å². The van der Waals surface area contributed by atoms with Crippen LogP contribution in [-0.4, -0.2) is 21.0 Å². The maximum absolute atomic E-state index is 10.4. The van der Waals surface area contributed by atoms with Gasteiger partial charge in [0.25, 0.3) is 0 Å². The summed E-state index contributed by atoms with van der Waals surface area (Å²) in [6, 6.07) is 1.18. The minimum Gasteiger partial charge on any atom is -0.481 e. The van der Waals surface area contributed by atoms with Crippen LogP contribution >= 0.6 is 15.9 Å². The normalized spacial score (nSPS) is 9.79. The molecule has 0 aliphatic rings. The topological polar surface area (TPSA) is 93.3 Å². The van der Waals surface area contributed by atoms with Crippen molar-refractivity contribution in [3.8, 4) is 0 Å². The van der Waals surface area contributed by atoms with Crippen LogP contribution in [0.4, 0.5) is 5.82 Å². The molecule has 7 heteroatoms. The third-order valence-electron chi connectivity index (χ3n) is 1.44. The summed E-state index contributed by atoms with van der Waals surface area (Å²) < 4.78 is 0.376. The molecule has 0 aliphatic heterocycles. The van der Waals surface area contributed by atoms with Crippen molar-refractivity contribution in [3.63, 3.8) is 0 Å². The Hall–Kier alpha value is -1.50. The van der Waals surface area contributed by atoms with Gasteiger partial charge in [0.2, 0.25) is 0 Å². The van der Waals surface area contributed by atoms with Gasteiger partial charge in [0.05, 0.1) is 12.5 Å². The Labute approximate surface area is 86.9 Å². The van der Waals surface area contributed by atoms with Gasteiger partial charge in [0.15, 0.2) is 0 Å². The fraction of sp³-hybridized carbons (Fsp3) is 0.143. The Bertz CT molecular complexity index is 393. The van der Waals surface area contributed by atoms with E-state index in [4.69, 9.17) is 5.11 Å². The number of halogens is 1. The van der Waals surface area contributed by atoms with Gasteiger partial charge in [-0.2, -0.15) is 0 Å². The highest BCUT2D eigenvalue weighted by molar-refractivity contribution is 9.10. The van der Waals surface area contributed by atoms with Gasteiger partial charge in [-0.05, 0) is 9.91 Å². The van der Waals surface area contributed by atoms with Gasteiger partial charge in [0.1, 0.15) is 6.20 Å². The molecule has 0 fully saturated rings. The molecule has 1 heterocycles. The number of pyridine rings is 1. The number of nitrogens with zero attached hydrogens (tertiary/aromatic N) is 2. The number of nitro groups is 1. The molecule has 0 aromatic carbocycles. The lowest BCUT2D eigenvalue weighted by Crippen LogP contribution is -2.02. The van der Waals surface area contributed by atoms with Crippen molar-refractivity contribution in [1.29, 1.82) is 0 Å². The molecular formula is C7H5BrN2O4. The van der Waals surface area contributed by atoms with Crippen molar-refractivity contribution >= 4 is 27.7 Å². The summed E-state index contributed by atoms with van der Waals surface area (Å²) in [5, 5.41) is 18.8. The molecule has 0 saturated carbocycles. The fourth-order valence-corrected chi connectivity index (χ4v) is 1.29. The van der Waals surface area contributed by atoms with Crippen molar-refractivity contribution in [1.82, 2.24) is 4.98 Å². The van der Waals surface area contributed by atoms with Crippen LogP contribution in [0, 0.1) is 10.1 Å². The van der Waals surface area contributed by atoms with E-state index < -0.39 is 10.9 Å². The lowest BCUT2D eigenvalue weighted by Gasteiger charge is -1.98. The number of hydrogen-bond acceptors (Lipinski definition) is 4. The maximum atomic E-state index is 10.4. The molecule has 6 nitrogen and oxygen atoms in total. The quantitative estimate of drug-likeness (QED) is 0.655. The van der Waals surface area contributed by atoms with E-state index in [1.165, 1.54) is 12.3 Å². The molecule has 0 amide bonds. The molecule has 0 spiro atoms. The second-order valence-corrected chi connectivity index (χ2v) is 3.32. The highest BCUT2D eigenvalue weighted by atomic mass is 79.9. The summed E-state index contributed by atoms with van der Waals surface area (Å²) >= 11 is 3.04. The Kier molecular flexibility index (Phi) is 3.13. The Morgan fingerprint density at radius 1 is 1.71 bits per heavy atom. The molecule has 0 radical (unpaired) electrons. The SMILES string of the molecule is O=C(O)Cc1cnc([N+](=O)[O-])cc1Br. The van der Waals surface area contributed by atoms with E-state index in [-0.39, 0.29) is 12.2 Å². The van der Waals surface area contributed by atoms with E-state index in [2.05, 4.69) is 20.9 Å². The molecule has 0 unspecified atom stereocenters. The van der Waals surface area contributed by atoms with E-state index in [1.54, 1.807) is 0 Å². The van der Waals surface area contributed by atoms with Crippen LogP contribution in [0.3, 0.4) is 0 Å². The first-order valence-electron chi connectivity index (χ1n) is 3.51. The molecule has 0 bridgehead atoms. The first kappa shape index (κ1) is 10.6. The van der Waals surface area contributed by atoms with Crippen LogP contribution < -0.4 is 0 Å². The number of carbonyl (C=O) groups is 1. The second-order valence-electron chi connectivity index (χ2n) is 2.46.